The van der Waals surface area contributed by atoms with Gasteiger partial charge in [-0.25, -0.2) is 4.83 Å². The lowest BCUT2D eigenvalue weighted by atomic mass is 10.1. The van der Waals surface area contributed by atoms with Gasteiger partial charge in [-0.2, -0.15) is 18.6 Å². The lowest BCUT2D eigenvalue weighted by Crippen LogP contribution is -2.18. The van der Waals surface area contributed by atoms with Crippen LogP contribution in [0.2, 0.25) is 5.02 Å². The SMILES string of the molecule is COc1ccc(-c2[nH]ncc2/C=N/NS(=O)(=O)c2ccc(Cl)cc2)cc1. The zero-order valence-corrected chi connectivity index (χ0v) is 15.3. The van der Waals surface area contributed by atoms with Crippen LogP contribution in [0.5, 0.6) is 5.75 Å². The molecule has 0 saturated carbocycles. The summed E-state index contributed by atoms with van der Waals surface area (Å²) >= 11 is 5.77. The van der Waals surface area contributed by atoms with Crippen LogP contribution in [0.3, 0.4) is 0 Å². The van der Waals surface area contributed by atoms with E-state index in [0.717, 1.165) is 11.3 Å². The van der Waals surface area contributed by atoms with Gasteiger partial charge in [0.15, 0.2) is 0 Å². The molecule has 2 N–H and O–H groups in total. The van der Waals surface area contributed by atoms with Crippen molar-refractivity contribution >= 4 is 27.8 Å². The Kier molecular flexibility index (Phi) is 5.24. The number of rotatable bonds is 6. The minimum Gasteiger partial charge on any atom is -0.497 e. The van der Waals surface area contributed by atoms with Crippen LogP contribution in [0.1, 0.15) is 5.56 Å². The molecule has 0 atom stereocenters. The largest absolute Gasteiger partial charge is 0.497 e. The van der Waals surface area contributed by atoms with Crippen molar-refractivity contribution < 1.29 is 13.2 Å². The van der Waals surface area contributed by atoms with Gasteiger partial charge in [0.1, 0.15) is 5.75 Å². The fraction of sp³-hybridized carbons (Fsp3) is 0.0588. The predicted molar refractivity (Wildman–Crippen MR) is 99.9 cm³/mol. The number of ether oxygens (including phenoxy) is 1. The Balaban J connectivity index is 1.77. The molecule has 26 heavy (non-hydrogen) atoms. The van der Waals surface area contributed by atoms with Crippen LogP contribution in [0.25, 0.3) is 11.3 Å². The number of sulfonamides is 1. The van der Waals surface area contributed by atoms with E-state index in [4.69, 9.17) is 16.3 Å². The third-order valence-electron chi connectivity index (χ3n) is 3.55. The lowest BCUT2D eigenvalue weighted by Gasteiger charge is -2.04. The zero-order chi connectivity index (χ0) is 18.6. The highest BCUT2D eigenvalue weighted by molar-refractivity contribution is 7.89. The fourth-order valence-corrected chi connectivity index (χ4v) is 3.13. The van der Waals surface area contributed by atoms with E-state index in [1.54, 1.807) is 13.3 Å². The first-order chi connectivity index (χ1) is 12.5. The van der Waals surface area contributed by atoms with Gasteiger partial charge >= 0.3 is 0 Å². The van der Waals surface area contributed by atoms with Crippen LogP contribution in [0, 0.1) is 0 Å². The maximum absolute atomic E-state index is 12.2. The molecule has 0 radical (unpaired) electrons. The first-order valence-corrected chi connectivity index (χ1v) is 9.34. The van der Waals surface area contributed by atoms with Crippen molar-refractivity contribution in [2.45, 2.75) is 4.90 Å². The molecule has 134 valence electrons. The Bertz CT molecular complexity index is 1010. The Morgan fingerprint density at radius 2 is 1.85 bits per heavy atom. The molecule has 1 heterocycles. The minimum absolute atomic E-state index is 0.0709. The predicted octanol–water partition coefficient (Wildman–Crippen LogP) is 3.05. The molecular weight excluding hydrogens is 376 g/mol. The molecule has 0 amide bonds. The molecule has 3 aromatic rings. The van der Waals surface area contributed by atoms with Crippen molar-refractivity contribution in [3.8, 4) is 17.0 Å². The van der Waals surface area contributed by atoms with Crippen molar-refractivity contribution in [2.24, 2.45) is 5.10 Å². The number of hydrogen-bond acceptors (Lipinski definition) is 5. The summed E-state index contributed by atoms with van der Waals surface area (Å²) in [5, 5.41) is 11.1. The standard InChI is InChI=1S/C17H15ClN4O3S/c1-25-15-6-2-12(3-7-15)17-13(10-19-21-17)11-20-22-26(23,24)16-8-4-14(18)5-9-16/h2-11,22H,1H3,(H,19,21)/b20-11+. The molecule has 1 aromatic heterocycles. The van der Waals surface area contributed by atoms with Crippen LogP contribution in [-0.2, 0) is 10.0 Å². The molecule has 0 saturated heterocycles. The van der Waals surface area contributed by atoms with Crippen LogP contribution in [0.4, 0.5) is 0 Å². The number of H-pyrrole nitrogens is 1. The molecule has 0 aliphatic heterocycles. The normalized spacial score (nSPS) is 11.6. The van der Waals surface area contributed by atoms with Crippen molar-refractivity contribution in [3.63, 3.8) is 0 Å². The van der Waals surface area contributed by atoms with E-state index in [2.05, 4.69) is 20.1 Å². The third kappa shape index (κ3) is 4.04. The molecule has 7 nitrogen and oxygen atoms in total. The minimum atomic E-state index is -3.77. The summed E-state index contributed by atoms with van der Waals surface area (Å²) in [6.07, 6.45) is 2.94. The molecule has 3 rings (SSSR count). The highest BCUT2D eigenvalue weighted by atomic mass is 35.5. The summed E-state index contributed by atoms with van der Waals surface area (Å²) in [7, 11) is -2.18. The maximum Gasteiger partial charge on any atom is 0.276 e. The Hall–Kier alpha value is -2.84. The third-order valence-corrected chi connectivity index (χ3v) is 5.04. The van der Waals surface area contributed by atoms with E-state index in [9.17, 15) is 8.42 Å². The second-order valence-electron chi connectivity index (χ2n) is 5.24. The van der Waals surface area contributed by atoms with Crippen LogP contribution in [-0.4, -0.2) is 31.9 Å². The van der Waals surface area contributed by atoms with E-state index in [1.807, 2.05) is 24.3 Å². The average Bonchev–Trinajstić information content (AvgIpc) is 3.10. The maximum atomic E-state index is 12.2. The van der Waals surface area contributed by atoms with Crippen molar-refractivity contribution in [1.29, 1.82) is 0 Å². The number of benzene rings is 2. The average molecular weight is 391 g/mol. The van der Waals surface area contributed by atoms with E-state index in [1.165, 1.54) is 30.5 Å². The van der Waals surface area contributed by atoms with Gasteiger partial charge in [0.25, 0.3) is 10.0 Å². The molecular formula is C17H15ClN4O3S. The monoisotopic (exact) mass is 390 g/mol. The Morgan fingerprint density at radius 3 is 2.50 bits per heavy atom. The van der Waals surface area contributed by atoms with E-state index in [0.29, 0.717) is 16.3 Å². The van der Waals surface area contributed by atoms with Gasteiger partial charge < -0.3 is 4.74 Å². The molecule has 0 fully saturated rings. The highest BCUT2D eigenvalue weighted by Crippen LogP contribution is 2.22. The molecule has 0 bridgehead atoms. The molecule has 0 unspecified atom stereocenters. The highest BCUT2D eigenvalue weighted by Gasteiger charge is 2.12. The Morgan fingerprint density at radius 1 is 1.15 bits per heavy atom. The quantitative estimate of drug-likeness (QED) is 0.499. The van der Waals surface area contributed by atoms with Crippen LogP contribution >= 0.6 is 11.6 Å². The number of nitrogens with zero attached hydrogens (tertiary/aromatic N) is 2. The number of nitrogens with one attached hydrogen (secondary N) is 2. The summed E-state index contributed by atoms with van der Waals surface area (Å²) in [4.78, 5) is 2.24. The summed E-state index contributed by atoms with van der Waals surface area (Å²) in [6, 6.07) is 13.2. The molecule has 0 spiro atoms. The number of hydrogen-bond donors (Lipinski definition) is 2. The van der Waals surface area contributed by atoms with Gasteiger partial charge in [-0.1, -0.05) is 11.6 Å². The zero-order valence-electron chi connectivity index (χ0n) is 13.7. The summed E-state index contributed by atoms with van der Waals surface area (Å²) < 4.78 is 29.5. The van der Waals surface area contributed by atoms with Gasteiger partial charge in [0.05, 0.1) is 30.1 Å². The number of aromatic nitrogens is 2. The fourth-order valence-electron chi connectivity index (χ4n) is 2.21. The molecule has 0 aliphatic rings. The van der Waals surface area contributed by atoms with Gasteiger partial charge in [-0.3, -0.25) is 5.10 Å². The smallest absolute Gasteiger partial charge is 0.276 e. The van der Waals surface area contributed by atoms with Crippen molar-refractivity contribution in [3.05, 3.63) is 65.3 Å². The van der Waals surface area contributed by atoms with Gasteiger partial charge in [-0.15, -0.1) is 0 Å². The second kappa shape index (κ2) is 7.59. The number of halogens is 1. The van der Waals surface area contributed by atoms with Crippen molar-refractivity contribution in [2.75, 3.05) is 7.11 Å². The summed E-state index contributed by atoms with van der Waals surface area (Å²) in [5.41, 5.74) is 2.21. The van der Waals surface area contributed by atoms with Crippen LogP contribution in [0.15, 0.2) is 64.7 Å². The van der Waals surface area contributed by atoms with Crippen molar-refractivity contribution in [1.82, 2.24) is 15.0 Å². The van der Waals surface area contributed by atoms with Gasteiger partial charge in [0.2, 0.25) is 0 Å². The van der Waals surface area contributed by atoms with E-state index < -0.39 is 10.0 Å². The topological polar surface area (TPSA) is 96.4 Å². The van der Waals surface area contributed by atoms with Gasteiger partial charge in [0, 0.05) is 16.1 Å². The van der Waals surface area contributed by atoms with E-state index in [-0.39, 0.29) is 4.90 Å². The van der Waals surface area contributed by atoms with E-state index >= 15 is 0 Å². The molecule has 0 aliphatic carbocycles. The molecule has 9 heteroatoms. The summed E-state index contributed by atoms with van der Waals surface area (Å²) in [5.74, 6) is 0.735. The number of methoxy groups -OCH3 is 1. The molecule has 2 aromatic carbocycles. The first kappa shape index (κ1) is 18.0. The lowest BCUT2D eigenvalue weighted by molar-refractivity contribution is 0.415. The number of hydrazone groups is 1. The van der Waals surface area contributed by atoms with Gasteiger partial charge in [-0.05, 0) is 48.5 Å². The summed E-state index contributed by atoms with van der Waals surface area (Å²) in [6.45, 7) is 0. The van der Waals surface area contributed by atoms with Crippen LogP contribution < -0.4 is 9.57 Å². The number of aromatic amines is 1. The first-order valence-electron chi connectivity index (χ1n) is 7.48. The Labute approximate surface area is 155 Å². The second-order valence-corrected chi connectivity index (χ2v) is 7.33.